The molecular weight excluding hydrogens is 290 g/mol. The molecule has 23 heavy (non-hydrogen) atoms. The third kappa shape index (κ3) is 3.63. The maximum absolute atomic E-state index is 12.0. The minimum atomic E-state index is -0.176. The van der Waals surface area contributed by atoms with Crippen molar-refractivity contribution in [3.63, 3.8) is 0 Å². The summed E-state index contributed by atoms with van der Waals surface area (Å²) in [6.07, 6.45) is 0.646. The van der Waals surface area contributed by atoms with Crippen LogP contribution in [-0.2, 0) is 11.2 Å². The second-order valence-electron chi connectivity index (χ2n) is 5.45. The van der Waals surface area contributed by atoms with Gasteiger partial charge >= 0.3 is 0 Å². The summed E-state index contributed by atoms with van der Waals surface area (Å²) < 4.78 is 0. The van der Waals surface area contributed by atoms with E-state index in [1.165, 1.54) is 0 Å². The van der Waals surface area contributed by atoms with Gasteiger partial charge in [-0.2, -0.15) is 0 Å². The maximum Gasteiger partial charge on any atom is 0.258 e. The summed E-state index contributed by atoms with van der Waals surface area (Å²) in [5.41, 5.74) is 2.33. The number of H-pyrrole nitrogens is 1. The number of carbonyl (C=O) groups is 1. The molecule has 0 atom stereocenters. The molecule has 5 heteroatoms. The lowest BCUT2D eigenvalue weighted by Gasteiger charge is -2.06. The van der Waals surface area contributed by atoms with Gasteiger partial charge in [0.05, 0.1) is 10.9 Å². The Labute approximate surface area is 133 Å². The molecule has 1 aromatic heterocycles. The van der Waals surface area contributed by atoms with E-state index in [1.54, 1.807) is 18.2 Å². The summed E-state index contributed by atoms with van der Waals surface area (Å²) in [6, 6.07) is 14.8. The number of aromatic nitrogens is 2. The molecule has 0 aliphatic heterocycles. The molecule has 0 saturated carbocycles. The van der Waals surface area contributed by atoms with Gasteiger partial charge in [0.15, 0.2) is 0 Å². The van der Waals surface area contributed by atoms with E-state index in [9.17, 15) is 9.59 Å². The molecule has 5 nitrogen and oxygen atoms in total. The molecule has 3 aromatic rings. The first kappa shape index (κ1) is 15.0. The number of anilines is 1. The molecule has 1 heterocycles. The summed E-state index contributed by atoms with van der Waals surface area (Å²) in [5.74, 6) is 0.416. The molecule has 0 fully saturated rings. The smallest absolute Gasteiger partial charge is 0.258 e. The Morgan fingerprint density at radius 3 is 2.83 bits per heavy atom. The first-order valence-corrected chi connectivity index (χ1v) is 7.46. The van der Waals surface area contributed by atoms with Crippen LogP contribution in [0.25, 0.3) is 10.9 Å². The molecule has 2 aromatic carbocycles. The molecule has 0 radical (unpaired) electrons. The number of carbonyl (C=O) groups excluding carboxylic acids is 1. The van der Waals surface area contributed by atoms with Gasteiger partial charge in [-0.05, 0) is 36.8 Å². The summed E-state index contributed by atoms with van der Waals surface area (Å²) in [6.45, 7) is 1.97. The van der Waals surface area contributed by atoms with Crippen molar-refractivity contribution >= 4 is 22.5 Å². The fourth-order valence-corrected chi connectivity index (χ4v) is 2.43. The summed E-state index contributed by atoms with van der Waals surface area (Å²) >= 11 is 0. The zero-order valence-corrected chi connectivity index (χ0v) is 12.8. The summed E-state index contributed by atoms with van der Waals surface area (Å²) in [4.78, 5) is 31.1. The number of rotatable bonds is 4. The van der Waals surface area contributed by atoms with Crippen LogP contribution in [0.2, 0.25) is 0 Å². The van der Waals surface area contributed by atoms with Gasteiger partial charge in [-0.3, -0.25) is 9.59 Å². The van der Waals surface area contributed by atoms with Crippen LogP contribution < -0.4 is 10.9 Å². The molecule has 3 rings (SSSR count). The van der Waals surface area contributed by atoms with Gasteiger partial charge < -0.3 is 10.3 Å². The molecule has 0 aliphatic carbocycles. The van der Waals surface area contributed by atoms with Crippen LogP contribution in [0.5, 0.6) is 0 Å². The number of benzene rings is 2. The lowest BCUT2D eigenvalue weighted by Crippen LogP contribution is -2.16. The van der Waals surface area contributed by atoms with Crippen molar-refractivity contribution in [3.8, 4) is 0 Å². The molecule has 1 amide bonds. The summed E-state index contributed by atoms with van der Waals surface area (Å²) in [7, 11) is 0. The number of nitrogens with one attached hydrogen (secondary N) is 2. The van der Waals surface area contributed by atoms with Crippen molar-refractivity contribution in [2.45, 2.75) is 19.8 Å². The van der Waals surface area contributed by atoms with Gasteiger partial charge in [0.25, 0.3) is 5.56 Å². The number of aromatic amines is 1. The second-order valence-corrected chi connectivity index (χ2v) is 5.45. The minimum absolute atomic E-state index is 0.105. The van der Waals surface area contributed by atoms with Crippen molar-refractivity contribution < 1.29 is 4.79 Å². The van der Waals surface area contributed by atoms with Crippen molar-refractivity contribution in [2.24, 2.45) is 0 Å². The predicted molar refractivity (Wildman–Crippen MR) is 90.5 cm³/mol. The molecule has 0 unspecified atom stereocenters. The van der Waals surface area contributed by atoms with Gasteiger partial charge in [-0.25, -0.2) is 4.98 Å². The average Bonchev–Trinajstić information content (AvgIpc) is 2.53. The lowest BCUT2D eigenvalue weighted by atomic mass is 10.2. The maximum atomic E-state index is 12.0. The lowest BCUT2D eigenvalue weighted by molar-refractivity contribution is -0.116. The zero-order chi connectivity index (χ0) is 16.2. The standard InChI is InChI=1S/C18H17N3O2/c1-12-5-4-6-13(11-12)19-17(22)10-9-16-20-15-8-3-2-7-14(15)18(23)21-16/h2-8,11H,9-10H2,1H3,(H,19,22)(H,20,21,23). The number of hydrogen-bond acceptors (Lipinski definition) is 3. The van der Waals surface area contributed by atoms with E-state index in [0.29, 0.717) is 23.1 Å². The average molecular weight is 307 g/mol. The van der Waals surface area contributed by atoms with Crippen LogP contribution in [0.15, 0.2) is 53.3 Å². The number of amides is 1. The van der Waals surface area contributed by atoms with Crippen LogP contribution in [0.3, 0.4) is 0 Å². The molecular formula is C18H17N3O2. The number of fused-ring (bicyclic) bond motifs is 1. The number of nitrogens with zero attached hydrogens (tertiary/aromatic N) is 1. The second kappa shape index (κ2) is 6.44. The fraction of sp³-hybridized carbons (Fsp3) is 0.167. The Morgan fingerprint density at radius 1 is 1.17 bits per heavy atom. The number of aryl methyl sites for hydroxylation is 2. The van der Waals surface area contributed by atoms with Gasteiger partial charge in [-0.15, -0.1) is 0 Å². The Kier molecular flexibility index (Phi) is 4.19. The van der Waals surface area contributed by atoms with Crippen LogP contribution in [-0.4, -0.2) is 15.9 Å². The molecule has 0 aliphatic rings. The highest BCUT2D eigenvalue weighted by Crippen LogP contribution is 2.11. The van der Waals surface area contributed by atoms with Crippen molar-refractivity contribution in [1.29, 1.82) is 0 Å². The van der Waals surface area contributed by atoms with Gasteiger partial charge in [0.1, 0.15) is 5.82 Å². The topological polar surface area (TPSA) is 74.8 Å². The Morgan fingerprint density at radius 2 is 2.00 bits per heavy atom. The quantitative estimate of drug-likeness (QED) is 0.778. The Balaban J connectivity index is 1.68. The van der Waals surface area contributed by atoms with E-state index in [1.807, 2.05) is 37.3 Å². The van der Waals surface area contributed by atoms with E-state index < -0.39 is 0 Å². The van der Waals surface area contributed by atoms with Gasteiger partial charge in [-0.1, -0.05) is 24.3 Å². The third-order valence-corrected chi connectivity index (χ3v) is 3.55. The van der Waals surface area contributed by atoms with Gasteiger partial charge in [0.2, 0.25) is 5.91 Å². The van der Waals surface area contributed by atoms with E-state index in [0.717, 1.165) is 11.3 Å². The largest absolute Gasteiger partial charge is 0.326 e. The van der Waals surface area contributed by atoms with Crippen LogP contribution in [0, 0.1) is 6.92 Å². The highest BCUT2D eigenvalue weighted by atomic mass is 16.1. The monoisotopic (exact) mass is 307 g/mol. The van der Waals surface area contributed by atoms with Crippen molar-refractivity contribution in [1.82, 2.24) is 9.97 Å². The SMILES string of the molecule is Cc1cccc(NC(=O)CCc2nc3ccccc3c(=O)[nH]2)c1. The van der Waals surface area contributed by atoms with Crippen LogP contribution >= 0.6 is 0 Å². The number of para-hydroxylation sites is 1. The van der Waals surface area contributed by atoms with Crippen molar-refractivity contribution in [3.05, 3.63) is 70.3 Å². The van der Waals surface area contributed by atoms with Gasteiger partial charge in [0, 0.05) is 18.5 Å². The summed E-state index contributed by atoms with van der Waals surface area (Å²) in [5, 5.41) is 3.40. The normalized spacial score (nSPS) is 10.7. The van der Waals surface area contributed by atoms with Crippen molar-refractivity contribution in [2.75, 3.05) is 5.32 Å². The van der Waals surface area contributed by atoms with E-state index in [4.69, 9.17) is 0 Å². The van der Waals surface area contributed by atoms with E-state index >= 15 is 0 Å². The highest BCUT2D eigenvalue weighted by molar-refractivity contribution is 5.90. The Hall–Kier alpha value is -2.95. The zero-order valence-electron chi connectivity index (χ0n) is 12.8. The van der Waals surface area contributed by atoms with E-state index in [2.05, 4.69) is 15.3 Å². The van der Waals surface area contributed by atoms with Crippen LogP contribution in [0.1, 0.15) is 17.8 Å². The Bertz CT molecular complexity index is 915. The molecule has 116 valence electrons. The minimum Gasteiger partial charge on any atom is -0.326 e. The van der Waals surface area contributed by atoms with E-state index in [-0.39, 0.29) is 17.9 Å². The molecule has 0 bridgehead atoms. The molecule has 0 spiro atoms. The predicted octanol–water partition coefficient (Wildman–Crippen LogP) is 2.80. The highest BCUT2D eigenvalue weighted by Gasteiger charge is 2.07. The third-order valence-electron chi connectivity index (χ3n) is 3.55. The fourth-order valence-electron chi connectivity index (χ4n) is 2.43. The molecule has 0 saturated heterocycles. The first-order valence-electron chi connectivity index (χ1n) is 7.46. The number of hydrogen-bond donors (Lipinski definition) is 2. The molecule has 2 N–H and O–H groups in total. The van der Waals surface area contributed by atoms with Crippen LogP contribution in [0.4, 0.5) is 5.69 Å². The first-order chi connectivity index (χ1) is 11.1.